The van der Waals surface area contributed by atoms with Crippen molar-refractivity contribution in [3.05, 3.63) is 59.3 Å². The van der Waals surface area contributed by atoms with Crippen molar-refractivity contribution in [2.24, 2.45) is 5.73 Å². The van der Waals surface area contributed by atoms with Gasteiger partial charge >= 0.3 is 0 Å². The molecule has 0 bridgehead atoms. The van der Waals surface area contributed by atoms with Crippen LogP contribution in [0.1, 0.15) is 73.9 Å². The van der Waals surface area contributed by atoms with Gasteiger partial charge in [-0.2, -0.15) is 0 Å². The van der Waals surface area contributed by atoms with Gasteiger partial charge in [0, 0.05) is 37.3 Å². The maximum atomic E-state index is 12.4. The summed E-state index contributed by atoms with van der Waals surface area (Å²) >= 11 is 0. The Labute approximate surface area is 214 Å². The van der Waals surface area contributed by atoms with Crippen LogP contribution in [0.3, 0.4) is 0 Å². The Hall–Kier alpha value is -2.68. The van der Waals surface area contributed by atoms with Crippen molar-refractivity contribution < 1.29 is 13.2 Å². The fourth-order valence-corrected chi connectivity index (χ4v) is 6.37. The quantitative estimate of drug-likeness (QED) is 0.366. The lowest BCUT2D eigenvalue weighted by Gasteiger charge is -2.31. The van der Waals surface area contributed by atoms with Crippen molar-refractivity contribution in [1.29, 1.82) is 0 Å². The third-order valence-corrected chi connectivity index (χ3v) is 9.49. The molecule has 0 atom stereocenters. The average Bonchev–Trinajstić information content (AvgIpc) is 3.33. The number of carbonyl (C=O) groups is 1. The van der Waals surface area contributed by atoms with Crippen molar-refractivity contribution in [3.8, 4) is 11.1 Å². The first kappa shape index (κ1) is 26.4. The van der Waals surface area contributed by atoms with Crippen molar-refractivity contribution in [2.75, 3.05) is 18.8 Å². The number of nitrogens with one attached hydrogen (secondary N) is 2. The zero-order valence-corrected chi connectivity index (χ0v) is 22.3. The van der Waals surface area contributed by atoms with Crippen molar-refractivity contribution in [3.63, 3.8) is 0 Å². The maximum absolute atomic E-state index is 12.4. The van der Waals surface area contributed by atoms with Crippen LogP contribution < -0.4 is 11.1 Å². The Bertz CT molecular complexity index is 1300. The molecule has 0 saturated carbocycles. The Morgan fingerprint density at radius 2 is 1.75 bits per heavy atom. The summed E-state index contributed by atoms with van der Waals surface area (Å²) in [5.41, 5.74) is 11.3. The van der Waals surface area contributed by atoms with Gasteiger partial charge in [0.1, 0.15) is 0 Å². The van der Waals surface area contributed by atoms with E-state index in [0.717, 1.165) is 59.8 Å². The monoisotopic (exact) mass is 510 g/mol. The molecule has 3 aromatic rings. The predicted molar refractivity (Wildman–Crippen MR) is 146 cm³/mol. The summed E-state index contributed by atoms with van der Waals surface area (Å²) < 4.78 is 26.1. The molecular weight excluding hydrogens is 472 g/mol. The average molecular weight is 511 g/mol. The molecule has 0 aliphatic carbocycles. The molecule has 7 nitrogen and oxygen atoms in total. The number of rotatable bonds is 10. The maximum Gasteiger partial charge on any atom is 0.250 e. The molecule has 1 saturated heterocycles. The summed E-state index contributed by atoms with van der Waals surface area (Å²) in [7, 11) is -3.17. The van der Waals surface area contributed by atoms with Gasteiger partial charge in [-0.3, -0.25) is 4.79 Å². The lowest BCUT2D eigenvalue weighted by molar-refractivity contribution is 0.100. The first-order chi connectivity index (χ1) is 17.3. The number of hydrogen-bond acceptors (Lipinski definition) is 4. The van der Waals surface area contributed by atoms with Crippen LogP contribution in [0, 0.1) is 0 Å². The van der Waals surface area contributed by atoms with E-state index in [1.807, 2.05) is 12.3 Å². The molecule has 4 N–H and O–H groups in total. The van der Waals surface area contributed by atoms with E-state index in [-0.39, 0.29) is 11.7 Å². The molecule has 1 aromatic heterocycles. The van der Waals surface area contributed by atoms with E-state index in [9.17, 15) is 13.2 Å². The molecule has 0 unspecified atom stereocenters. The number of benzene rings is 2. The second-order valence-electron chi connectivity index (χ2n) is 9.72. The standard InChI is InChI=1S/C28H38N4O3S/c1-4-23(5-2)30-17-19-7-9-20(10-8-19)22-15-24-26(18-31-27(24)25(16-22)28(29)33)21-11-13-32(14-12-21)36(34,35)6-3/h7-10,15-16,18,21,23,30-31H,4-6,11-14,17H2,1-3H3,(H2,29,33). The van der Waals surface area contributed by atoms with Crippen molar-refractivity contribution in [1.82, 2.24) is 14.6 Å². The van der Waals surface area contributed by atoms with Crippen LogP contribution in [-0.2, 0) is 16.6 Å². The fraction of sp³-hybridized carbons (Fsp3) is 0.464. The first-order valence-electron chi connectivity index (χ1n) is 13.0. The molecular formula is C28H38N4O3S. The summed E-state index contributed by atoms with van der Waals surface area (Å²) in [6.07, 6.45) is 5.68. The van der Waals surface area contributed by atoms with Crippen LogP contribution >= 0.6 is 0 Å². The van der Waals surface area contributed by atoms with E-state index in [1.165, 1.54) is 5.56 Å². The summed E-state index contributed by atoms with van der Waals surface area (Å²) in [6, 6.07) is 12.9. The Morgan fingerprint density at radius 3 is 2.33 bits per heavy atom. The molecule has 0 spiro atoms. The first-order valence-corrected chi connectivity index (χ1v) is 14.6. The molecule has 8 heteroatoms. The van der Waals surface area contributed by atoms with Gasteiger partial charge in [-0.05, 0) is 72.9 Å². The number of H-pyrrole nitrogens is 1. The molecule has 1 aliphatic rings. The van der Waals surface area contributed by atoms with Crippen LogP contribution in [0.5, 0.6) is 0 Å². The molecule has 4 rings (SSSR count). The highest BCUT2D eigenvalue weighted by molar-refractivity contribution is 7.89. The van der Waals surface area contributed by atoms with E-state index in [0.29, 0.717) is 24.7 Å². The van der Waals surface area contributed by atoms with Gasteiger partial charge in [-0.1, -0.05) is 38.1 Å². The van der Waals surface area contributed by atoms with Crippen LogP contribution in [0.2, 0.25) is 0 Å². The highest BCUT2D eigenvalue weighted by Gasteiger charge is 2.29. The topological polar surface area (TPSA) is 108 Å². The minimum absolute atomic E-state index is 0.128. The summed E-state index contributed by atoms with van der Waals surface area (Å²) in [6.45, 7) is 7.94. The summed E-state index contributed by atoms with van der Waals surface area (Å²) in [5, 5.41) is 4.58. The zero-order chi connectivity index (χ0) is 25.9. The number of aromatic nitrogens is 1. The van der Waals surface area contributed by atoms with Gasteiger partial charge in [0.05, 0.1) is 16.8 Å². The number of aromatic amines is 1. The van der Waals surface area contributed by atoms with Gasteiger partial charge in [0.25, 0.3) is 5.91 Å². The largest absolute Gasteiger partial charge is 0.366 e. The third kappa shape index (κ3) is 5.51. The lowest BCUT2D eigenvalue weighted by atomic mass is 9.88. The SMILES string of the molecule is CCC(CC)NCc1ccc(-c2cc(C(N)=O)c3[nH]cc(C4CCN(S(=O)(=O)CC)CC4)c3c2)cc1. The van der Waals surface area contributed by atoms with Gasteiger partial charge in [0.2, 0.25) is 10.0 Å². The van der Waals surface area contributed by atoms with Gasteiger partial charge < -0.3 is 16.0 Å². The highest BCUT2D eigenvalue weighted by Crippen LogP contribution is 2.37. The normalized spacial score (nSPS) is 15.7. The smallest absolute Gasteiger partial charge is 0.250 e. The second kappa shape index (κ2) is 11.2. The number of primary amides is 1. The molecule has 1 aliphatic heterocycles. The Morgan fingerprint density at radius 1 is 1.08 bits per heavy atom. The van der Waals surface area contributed by atoms with E-state index < -0.39 is 15.9 Å². The predicted octanol–water partition coefficient (Wildman–Crippen LogP) is 4.74. The van der Waals surface area contributed by atoms with Crippen molar-refractivity contribution >= 4 is 26.8 Å². The zero-order valence-electron chi connectivity index (χ0n) is 21.5. The van der Waals surface area contributed by atoms with Crippen LogP contribution in [0.25, 0.3) is 22.0 Å². The molecule has 1 fully saturated rings. The fourth-order valence-electron chi connectivity index (χ4n) is 5.23. The second-order valence-corrected chi connectivity index (χ2v) is 12.0. The molecule has 36 heavy (non-hydrogen) atoms. The van der Waals surface area contributed by atoms with E-state index in [4.69, 9.17) is 5.73 Å². The summed E-state index contributed by atoms with van der Waals surface area (Å²) in [5.74, 6) is -0.121. The Balaban J connectivity index is 1.61. The Kier molecular flexibility index (Phi) is 8.17. The number of hydrogen-bond donors (Lipinski definition) is 3. The minimum atomic E-state index is -3.17. The molecule has 1 amide bonds. The minimum Gasteiger partial charge on any atom is -0.366 e. The van der Waals surface area contributed by atoms with E-state index >= 15 is 0 Å². The lowest BCUT2D eigenvalue weighted by Crippen LogP contribution is -2.38. The van der Waals surface area contributed by atoms with E-state index in [2.05, 4.69) is 54.5 Å². The van der Waals surface area contributed by atoms with Gasteiger partial charge in [-0.25, -0.2) is 12.7 Å². The van der Waals surface area contributed by atoms with Crippen LogP contribution in [-0.4, -0.2) is 48.5 Å². The molecule has 0 radical (unpaired) electrons. The van der Waals surface area contributed by atoms with Crippen molar-refractivity contribution in [2.45, 2.75) is 65.0 Å². The number of amides is 1. The van der Waals surface area contributed by atoms with Gasteiger partial charge in [-0.15, -0.1) is 0 Å². The number of nitrogens with zero attached hydrogens (tertiary/aromatic N) is 1. The highest BCUT2D eigenvalue weighted by atomic mass is 32.2. The molecule has 194 valence electrons. The number of fused-ring (bicyclic) bond motifs is 1. The molecule has 2 heterocycles. The number of nitrogens with two attached hydrogens (primary N) is 1. The summed E-state index contributed by atoms with van der Waals surface area (Å²) in [4.78, 5) is 15.6. The number of carbonyl (C=O) groups excluding carboxylic acids is 1. The number of sulfonamides is 1. The van der Waals surface area contributed by atoms with E-state index in [1.54, 1.807) is 11.2 Å². The third-order valence-electron chi connectivity index (χ3n) is 7.61. The van der Waals surface area contributed by atoms with Crippen LogP contribution in [0.15, 0.2) is 42.6 Å². The molecule has 2 aromatic carbocycles. The number of piperidine rings is 1. The van der Waals surface area contributed by atoms with Crippen LogP contribution in [0.4, 0.5) is 0 Å². The van der Waals surface area contributed by atoms with Gasteiger partial charge in [0.15, 0.2) is 0 Å².